The SMILES string of the molecule is CCNC(=O)[C@H](C)NC(=O)CSc1nc2ccccc2c(=O)n1[C@H](C)CC. The Labute approximate surface area is 162 Å². The van der Waals surface area contributed by atoms with Crippen molar-refractivity contribution in [3.05, 3.63) is 34.6 Å². The molecule has 27 heavy (non-hydrogen) atoms. The highest BCUT2D eigenvalue weighted by Gasteiger charge is 2.18. The van der Waals surface area contributed by atoms with Crippen LogP contribution in [0, 0.1) is 0 Å². The number of para-hydroxylation sites is 1. The van der Waals surface area contributed by atoms with Crippen LogP contribution >= 0.6 is 11.8 Å². The first-order valence-corrected chi connectivity index (χ1v) is 10.1. The normalized spacial score (nSPS) is 13.2. The number of hydrogen-bond donors (Lipinski definition) is 2. The van der Waals surface area contributed by atoms with Gasteiger partial charge in [-0.3, -0.25) is 19.0 Å². The molecule has 2 atom stereocenters. The molecule has 0 fully saturated rings. The molecule has 2 aromatic rings. The van der Waals surface area contributed by atoms with Crippen LogP contribution in [0.4, 0.5) is 0 Å². The van der Waals surface area contributed by atoms with E-state index in [0.29, 0.717) is 22.6 Å². The second kappa shape index (κ2) is 9.55. The first-order chi connectivity index (χ1) is 12.9. The highest BCUT2D eigenvalue weighted by atomic mass is 32.2. The van der Waals surface area contributed by atoms with Crippen LogP contribution in [0.3, 0.4) is 0 Å². The molecular weight excluding hydrogens is 364 g/mol. The average Bonchev–Trinajstić information content (AvgIpc) is 2.66. The number of rotatable bonds is 8. The number of carbonyl (C=O) groups is 2. The molecule has 0 aliphatic heterocycles. The summed E-state index contributed by atoms with van der Waals surface area (Å²) in [5, 5.41) is 6.40. The highest BCUT2D eigenvalue weighted by molar-refractivity contribution is 7.99. The first-order valence-electron chi connectivity index (χ1n) is 9.10. The summed E-state index contributed by atoms with van der Waals surface area (Å²) in [7, 11) is 0. The van der Waals surface area contributed by atoms with Gasteiger partial charge in [-0.1, -0.05) is 30.8 Å². The lowest BCUT2D eigenvalue weighted by Crippen LogP contribution is -2.45. The molecular formula is C19H26N4O3S. The third-order valence-electron chi connectivity index (χ3n) is 4.26. The van der Waals surface area contributed by atoms with Gasteiger partial charge in [0.05, 0.1) is 16.7 Å². The minimum atomic E-state index is -0.612. The number of hydrogen-bond acceptors (Lipinski definition) is 5. The zero-order chi connectivity index (χ0) is 20.0. The minimum absolute atomic E-state index is 0.0329. The van der Waals surface area contributed by atoms with Crippen molar-refractivity contribution in [3.63, 3.8) is 0 Å². The molecule has 2 rings (SSSR count). The number of aromatic nitrogens is 2. The summed E-state index contributed by atoms with van der Waals surface area (Å²) >= 11 is 1.20. The van der Waals surface area contributed by atoms with Crippen molar-refractivity contribution in [1.29, 1.82) is 0 Å². The number of carbonyl (C=O) groups excluding carboxylic acids is 2. The van der Waals surface area contributed by atoms with Gasteiger partial charge in [0, 0.05) is 12.6 Å². The van der Waals surface area contributed by atoms with Crippen molar-refractivity contribution in [2.24, 2.45) is 0 Å². The molecule has 7 nitrogen and oxygen atoms in total. The molecule has 0 aliphatic carbocycles. The Kier molecular flexibility index (Phi) is 7.41. The summed E-state index contributed by atoms with van der Waals surface area (Å²) in [5.41, 5.74) is 0.509. The Hall–Kier alpha value is -2.35. The van der Waals surface area contributed by atoms with E-state index in [9.17, 15) is 14.4 Å². The van der Waals surface area contributed by atoms with Crippen LogP contribution in [-0.2, 0) is 9.59 Å². The molecule has 2 amide bonds. The molecule has 0 unspecified atom stereocenters. The van der Waals surface area contributed by atoms with E-state index in [1.807, 2.05) is 32.9 Å². The van der Waals surface area contributed by atoms with Crippen molar-refractivity contribution < 1.29 is 9.59 Å². The van der Waals surface area contributed by atoms with E-state index >= 15 is 0 Å². The Morgan fingerprint density at radius 2 is 1.93 bits per heavy atom. The van der Waals surface area contributed by atoms with Crippen LogP contribution in [-0.4, -0.2) is 39.7 Å². The summed E-state index contributed by atoms with van der Waals surface area (Å²) in [5.74, 6) is -0.432. The lowest BCUT2D eigenvalue weighted by Gasteiger charge is -2.18. The van der Waals surface area contributed by atoms with Gasteiger partial charge in [0.25, 0.3) is 5.56 Å². The predicted molar refractivity (Wildman–Crippen MR) is 108 cm³/mol. The van der Waals surface area contributed by atoms with Gasteiger partial charge in [0.15, 0.2) is 5.16 Å². The van der Waals surface area contributed by atoms with Crippen LogP contribution in [0.1, 0.15) is 40.2 Å². The highest BCUT2D eigenvalue weighted by Crippen LogP contribution is 2.22. The molecule has 0 saturated carbocycles. The summed E-state index contributed by atoms with van der Waals surface area (Å²) in [6, 6.07) is 6.55. The van der Waals surface area contributed by atoms with Crippen molar-refractivity contribution in [3.8, 4) is 0 Å². The molecule has 1 aromatic carbocycles. The molecule has 0 saturated heterocycles. The number of fused-ring (bicyclic) bond motifs is 1. The monoisotopic (exact) mass is 390 g/mol. The van der Waals surface area contributed by atoms with Gasteiger partial charge in [-0.2, -0.15) is 0 Å². The molecule has 0 bridgehead atoms. The smallest absolute Gasteiger partial charge is 0.262 e. The zero-order valence-corrected chi connectivity index (χ0v) is 16.9. The molecule has 8 heteroatoms. The molecule has 0 aliphatic rings. The summed E-state index contributed by atoms with van der Waals surface area (Å²) < 4.78 is 1.65. The van der Waals surface area contributed by atoms with Gasteiger partial charge in [-0.05, 0) is 39.3 Å². The second-order valence-corrected chi connectivity index (χ2v) is 7.26. The number of benzene rings is 1. The maximum atomic E-state index is 12.9. The van der Waals surface area contributed by atoms with E-state index < -0.39 is 6.04 Å². The summed E-state index contributed by atoms with van der Waals surface area (Å²) in [6.45, 7) is 7.93. The fourth-order valence-corrected chi connectivity index (χ4v) is 3.51. The lowest BCUT2D eigenvalue weighted by molar-refractivity contribution is -0.127. The van der Waals surface area contributed by atoms with E-state index in [1.165, 1.54) is 11.8 Å². The predicted octanol–water partition coefficient (Wildman–Crippen LogP) is 2.10. The maximum Gasteiger partial charge on any atom is 0.262 e. The maximum absolute atomic E-state index is 12.9. The van der Waals surface area contributed by atoms with E-state index in [0.717, 1.165) is 6.42 Å². The van der Waals surface area contributed by atoms with Crippen molar-refractivity contribution in [2.75, 3.05) is 12.3 Å². The standard InChI is InChI=1S/C19H26N4O3S/c1-5-12(3)23-18(26)14-9-7-8-10-15(14)22-19(23)27-11-16(24)21-13(4)17(25)20-6-2/h7-10,12-13H,5-6,11H2,1-4H3,(H,20,25)(H,21,24)/t12-,13+/m1/s1. The van der Waals surface area contributed by atoms with E-state index in [-0.39, 0.29) is 29.2 Å². The van der Waals surface area contributed by atoms with Crippen LogP contribution in [0.2, 0.25) is 0 Å². The van der Waals surface area contributed by atoms with E-state index in [1.54, 1.807) is 23.6 Å². The Bertz CT molecular complexity index is 881. The number of nitrogens with one attached hydrogen (secondary N) is 2. The fourth-order valence-electron chi connectivity index (χ4n) is 2.60. The minimum Gasteiger partial charge on any atom is -0.355 e. The second-order valence-electron chi connectivity index (χ2n) is 6.32. The van der Waals surface area contributed by atoms with Gasteiger partial charge in [0.2, 0.25) is 11.8 Å². The Morgan fingerprint density at radius 3 is 2.59 bits per heavy atom. The third kappa shape index (κ3) is 5.09. The fraction of sp³-hybridized carbons (Fsp3) is 0.474. The molecule has 0 spiro atoms. The van der Waals surface area contributed by atoms with Crippen LogP contribution < -0.4 is 16.2 Å². The van der Waals surface area contributed by atoms with Gasteiger partial charge < -0.3 is 10.6 Å². The van der Waals surface area contributed by atoms with Crippen LogP contribution in [0.25, 0.3) is 10.9 Å². The Morgan fingerprint density at radius 1 is 1.22 bits per heavy atom. The topological polar surface area (TPSA) is 93.1 Å². The van der Waals surface area contributed by atoms with Crippen LogP contribution in [0.5, 0.6) is 0 Å². The number of amides is 2. The molecule has 1 aromatic heterocycles. The summed E-state index contributed by atoms with van der Waals surface area (Å²) in [4.78, 5) is 41.4. The first kappa shape index (κ1) is 21.0. The van der Waals surface area contributed by atoms with Crippen molar-refractivity contribution in [1.82, 2.24) is 20.2 Å². The van der Waals surface area contributed by atoms with Gasteiger partial charge in [-0.25, -0.2) is 4.98 Å². The quantitative estimate of drug-likeness (QED) is 0.532. The molecule has 2 N–H and O–H groups in total. The van der Waals surface area contributed by atoms with E-state index in [4.69, 9.17) is 0 Å². The lowest BCUT2D eigenvalue weighted by atomic mass is 10.2. The van der Waals surface area contributed by atoms with Gasteiger partial charge in [-0.15, -0.1) is 0 Å². The Balaban J connectivity index is 2.21. The zero-order valence-electron chi connectivity index (χ0n) is 16.1. The van der Waals surface area contributed by atoms with Crippen molar-refractivity contribution >= 4 is 34.5 Å². The average molecular weight is 391 g/mol. The molecule has 146 valence electrons. The van der Waals surface area contributed by atoms with E-state index in [2.05, 4.69) is 15.6 Å². The number of likely N-dealkylation sites (N-methyl/N-ethyl adjacent to an activating group) is 1. The van der Waals surface area contributed by atoms with Crippen molar-refractivity contribution in [2.45, 2.75) is 51.4 Å². The third-order valence-corrected chi connectivity index (χ3v) is 5.21. The summed E-state index contributed by atoms with van der Waals surface area (Å²) in [6.07, 6.45) is 0.772. The largest absolute Gasteiger partial charge is 0.355 e. The molecule has 1 heterocycles. The number of nitrogens with zero attached hydrogens (tertiary/aromatic N) is 2. The molecule has 0 radical (unpaired) electrons. The van der Waals surface area contributed by atoms with Gasteiger partial charge in [0.1, 0.15) is 6.04 Å². The van der Waals surface area contributed by atoms with Gasteiger partial charge >= 0.3 is 0 Å². The number of thioether (sulfide) groups is 1. The van der Waals surface area contributed by atoms with Crippen LogP contribution in [0.15, 0.2) is 34.2 Å².